The first-order chi connectivity index (χ1) is 15.6. The van der Waals surface area contributed by atoms with Gasteiger partial charge in [0.05, 0.1) is 24.5 Å². The van der Waals surface area contributed by atoms with Gasteiger partial charge in [-0.15, -0.1) is 0 Å². The Labute approximate surface area is 193 Å². The van der Waals surface area contributed by atoms with Crippen LogP contribution < -0.4 is 5.32 Å². The van der Waals surface area contributed by atoms with Gasteiger partial charge in [-0.25, -0.2) is 19.2 Å². The van der Waals surface area contributed by atoms with Gasteiger partial charge in [-0.05, 0) is 45.9 Å². The highest BCUT2D eigenvalue weighted by Crippen LogP contribution is 2.32. The molecule has 0 aromatic carbocycles. The van der Waals surface area contributed by atoms with Crippen molar-refractivity contribution in [1.29, 1.82) is 0 Å². The minimum absolute atomic E-state index is 0.0654. The summed E-state index contributed by atoms with van der Waals surface area (Å²) < 4.78 is 58.1. The van der Waals surface area contributed by atoms with E-state index in [1.807, 2.05) is 0 Å². The molecule has 0 aliphatic carbocycles. The molecule has 1 saturated heterocycles. The van der Waals surface area contributed by atoms with Crippen LogP contribution in [0.3, 0.4) is 0 Å². The Morgan fingerprint density at radius 3 is 2.50 bits per heavy atom. The fraction of sp³-hybridized carbons (Fsp3) is 0.500. The third-order valence-electron chi connectivity index (χ3n) is 4.94. The summed E-state index contributed by atoms with van der Waals surface area (Å²) in [5.74, 6) is -0.580. The topological polar surface area (TPSA) is 97.3 Å². The molecule has 2 aromatic rings. The van der Waals surface area contributed by atoms with Gasteiger partial charge in [0, 0.05) is 18.2 Å². The lowest BCUT2D eigenvalue weighted by molar-refractivity contribution is -0.141. The second-order valence-electron chi connectivity index (χ2n) is 9.28. The van der Waals surface area contributed by atoms with Crippen LogP contribution in [-0.2, 0) is 22.3 Å². The van der Waals surface area contributed by atoms with Crippen molar-refractivity contribution in [1.82, 2.24) is 25.2 Å². The Bertz CT molecular complexity index is 1050. The second-order valence-corrected chi connectivity index (χ2v) is 9.28. The normalized spacial score (nSPS) is 20.8. The lowest BCUT2D eigenvalue weighted by Gasteiger charge is -2.27. The van der Waals surface area contributed by atoms with Crippen LogP contribution in [0.1, 0.15) is 45.5 Å². The highest BCUT2D eigenvalue weighted by Gasteiger charge is 2.47. The average molecular weight is 483 g/mol. The average Bonchev–Trinajstić information content (AvgIpc) is 3.06. The largest absolute Gasteiger partial charge is 0.444 e. The number of carbonyl (C=O) groups excluding carboxylic acids is 2. The molecule has 2 aromatic heterocycles. The number of nitrogens with zero attached hydrogens (tertiary/aromatic N) is 4. The zero-order valence-electron chi connectivity index (χ0n) is 19.1. The predicted octanol–water partition coefficient (Wildman–Crippen LogP) is 3.91. The Balaban J connectivity index is 1.69. The molecular weight excluding hydrogens is 458 g/mol. The van der Waals surface area contributed by atoms with Crippen molar-refractivity contribution in [3.63, 3.8) is 0 Å². The van der Waals surface area contributed by atoms with Crippen molar-refractivity contribution in [2.45, 2.75) is 64.1 Å². The first-order valence-electron chi connectivity index (χ1n) is 10.5. The quantitative estimate of drug-likeness (QED) is 0.663. The number of alkyl halides is 4. The van der Waals surface area contributed by atoms with E-state index < -0.39 is 41.2 Å². The first kappa shape index (κ1) is 25.3. The SMILES string of the molecule is CC1(F)CC(C(=O)NCc2cc(-c3ccc(C(F)(F)F)nc3)ncn2)N(C(=O)OC(C)(C)C)C1. The van der Waals surface area contributed by atoms with Crippen LogP contribution in [-0.4, -0.2) is 55.7 Å². The van der Waals surface area contributed by atoms with Gasteiger partial charge in [0.25, 0.3) is 0 Å². The number of halogens is 4. The minimum atomic E-state index is -4.55. The van der Waals surface area contributed by atoms with E-state index in [9.17, 15) is 27.2 Å². The van der Waals surface area contributed by atoms with Crippen molar-refractivity contribution in [2.24, 2.45) is 0 Å². The van der Waals surface area contributed by atoms with E-state index >= 15 is 0 Å². The van der Waals surface area contributed by atoms with Gasteiger partial charge in [0.15, 0.2) is 0 Å². The van der Waals surface area contributed by atoms with Gasteiger partial charge >= 0.3 is 12.3 Å². The highest BCUT2D eigenvalue weighted by atomic mass is 19.4. The number of likely N-dealkylation sites (tertiary alicyclic amines) is 1. The number of amides is 2. The Morgan fingerprint density at radius 2 is 1.91 bits per heavy atom. The molecule has 12 heteroatoms. The van der Waals surface area contributed by atoms with E-state index in [1.54, 1.807) is 20.8 Å². The first-order valence-corrected chi connectivity index (χ1v) is 10.5. The van der Waals surface area contributed by atoms with Crippen LogP contribution in [0.25, 0.3) is 11.3 Å². The van der Waals surface area contributed by atoms with E-state index in [1.165, 1.54) is 25.4 Å². The Morgan fingerprint density at radius 1 is 1.21 bits per heavy atom. The molecular formula is C22H25F4N5O3. The molecule has 0 saturated carbocycles. The third-order valence-corrected chi connectivity index (χ3v) is 4.94. The van der Waals surface area contributed by atoms with E-state index in [-0.39, 0.29) is 19.5 Å². The Kier molecular flexibility index (Phi) is 6.81. The molecule has 0 radical (unpaired) electrons. The fourth-order valence-electron chi connectivity index (χ4n) is 3.45. The van der Waals surface area contributed by atoms with Gasteiger partial charge < -0.3 is 10.1 Å². The second kappa shape index (κ2) is 9.15. The molecule has 1 fully saturated rings. The number of aromatic nitrogens is 3. The van der Waals surface area contributed by atoms with Crippen LogP contribution in [0.5, 0.6) is 0 Å². The molecule has 1 aliphatic rings. The van der Waals surface area contributed by atoms with Gasteiger partial charge in [0.1, 0.15) is 29.3 Å². The van der Waals surface area contributed by atoms with Crippen molar-refractivity contribution >= 4 is 12.0 Å². The number of pyridine rings is 1. The van der Waals surface area contributed by atoms with E-state index in [0.717, 1.165) is 17.2 Å². The third kappa shape index (κ3) is 6.39. The molecule has 0 bridgehead atoms. The molecule has 2 unspecified atom stereocenters. The van der Waals surface area contributed by atoms with Crippen molar-refractivity contribution in [2.75, 3.05) is 6.54 Å². The maximum atomic E-state index is 14.6. The summed E-state index contributed by atoms with van der Waals surface area (Å²) >= 11 is 0. The number of carbonyl (C=O) groups is 2. The highest BCUT2D eigenvalue weighted by molar-refractivity contribution is 5.86. The summed E-state index contributed by atoms with van der Waals surface area (Å²) in [4.78, 5) is 37.8. The van der Waals surface area contributed by atoms with Gasteiger partial charge in [-0.2, -0.15) is 13.2 Å². The number of hydrogen-bond acceptors (Lipinski definition) is 6. The lowest BCUT2D eigenvalue weighted by Crippen LogP contribution is -2.47. The molecule has 3 rings (SSSR count). The summed E-state index contributed by atoms with van der Waals surface area (Å²) in [5.41, 5.74) is -2.57. The van der Waals surface area contributed by atoms with E-state index in [4.69, 9.17) is 4.74 Å². The van der Waals surface area contributed by atoms with Crippen LogP contribution >= 0.6 is 0 Å². The summed E-state index contributed by atoms with van der Waals surface area (Å²) in [6, 6.07) is 2.51. The maximum Gasteiger partial charge on any atom is 0.433 e. The van der Waals surface area contributed by atoms with E-state index in [0.29, 0.717) is 17.0 Å². The fourth-order valence-corrected chi connectivity index (χ4v) is 3.45. The standard InChI is InChI=1S/C22H25F4N5O3/c1-20(2,3)34-19(33)31-11-21(4,23)8-16(31)18(32)28-10-14-7-15(30-12-29-14)13-5-6-17(27-9-13)22(24,25)26/h5-7,9,12,16H,8,10-11H2,1-4H3,(H,28,32). The predicted molar refractivity (Wildman–Crippen MR) is 113 cm³/mol. The van der Waals surface area contributed by atoms with Gasteiger partial charge in [-0.3, -0.25) is 14.7 Å². The monoisotopic (exact) mass is 483 g/mol. The summed E-state index contributed by atoms with van der Waals surface area (Å²) in [6.07, 6.45) is -3.27. The van der Waals surface area contributed by atoms with E-state index in [2.05, 4.69) is 20.3 Å². The van der Waals surface area contributed by atoms with Crippen LogP contribution in [0.15, 0.2) is 30.7 Å². The van der Waals surface area contributed by atoms with Gasteiger partial charge in [0.2, 0.25) is 5.91 Å². The molecule has 184 valence electrons. The molecule has 2 atom stereocenters. The van der Waals surface area contributed by atoms with Crippen LogP contribution in [0, 0.1) is 0 Å². The van der Waals surface area contributed by atoms with Crippen LogP contribution in [0.4, 0.5) is 22.4 Å². The summed E-state index contributed by atoms with van der Waals surface area (Å²) in [5, 5.41) is 2.62. The van der Waals surface area contributed by atoms with Crippen molar-refractivity contribution in [3.8, 4) is 11.3 Å². The Hall–Kier alpha value is -3.31. The summed E-state index contributed by atoms with van der Waals surface area (Å²) in [6.45, 7) is 5.98. The smallest absolute Gasteiger partial charge is 0.433 e. The minimum Gasteiger partial charge on any atom is -0.444 e. The van der Waals surface area contributed by atoms with Crippen LogP contribution in [0.2, 0.25) is 0 Å². The zero-order valence-corrected chi connectivity index (χ0v) is 19.1. The number of rotatable bonds is 4. The molecule has 1 N–H and O–H groups in total. The number of ether oxygens (including phenoxy) is 1. The molecule has 0 spiro atoms. The maximum absolute atomic E-state index is 14.6. The number of nitrogens with one attached hydrogen (secondary N) is 1. The lowest BCUT2D eigenvalue weighted by atomic mass is 10.0. The van der Waals surface area contributed by atoms with Crippen molar-refractivity contribution < 1.29 is 31.9 Å². The number of hydrogen-bond donors (Lipinski definition) is 1. The molecule has 34 heavy (non-hydrogen) atoms. The molecule has 2 amide bonds. The summed E-state index contributed by atoms with van der Waals surface area (Å²) in [7, 11) is 0. The van der Waals surface area contributed by atoms with Gasteiger partial charge in [-0.1, -0.05) is 0 Å². The molecule has 8 nitrogen and oxygen atoms in total. The molecule has 3 heterocycles. The van der Waals surface area contributed by atoms with Crippen molar-refractivity contribution in [3.05, 3.63) is 42.1 Å². The zero-order chi connectivity index (χ0) is 25.3. The molecule has 1 aliphatic heterocycles.